The van der Waals surface area contributed by atoms with Gasteiger partial charge in [-0.3, -0.25) is 14.4 Å². The third-order valence-electron chi connectivity index (χ3n) is 4.33. The van der Waals surface area contributed by atoms with Crippen LogP contribution in [0.4, 0.5) is 5.69 Å². The Morgan fingerprint density at radius 2 is 1.93 bits per heavy atom. The number of Topliss-reactive ketones (excluding diaryl/α,β-unsaturated/α-hetero) is 1. The molecule has 0 atom stereocenters. The zero-order valence-electron chi connectivity index (χ0n) is 15.6. The highest BCUT2D eigenvalue weighted by atomic mass is 32.2. The van der Waals surface area contributed by atoms with Crippen molar-refractivity contribution in [3.63, 3.8) is 0 Å². The van der Waals surface area contributed by atoms with Crippen molar-refractivity contribution in [2.45, 2.75) is 17.7 Å². The predicted molar refractivity (Wildman–Crippen MR) is 107 cm³/mol. The van der Waals surface area contributed by atoms with Crippen LogP contribution in [0, 0.1) is 0 Å². The quantitative estimate of drug-likeness (QED) is 0.385. The van der Waals surface area contributed by atoms with Crippen molar-refractivity contribution < 1.29 is 23.9 Å². The number of hydrogen-bond acceptors (Lipinski definition) is 6. The van der Waals surface area contributed by atoms with Crippen LogP contribution in [0.2, 0.25) is 0 Å². The number of hydrogen-bond donors (Lipinski definition) is 0. The molecule has 0 aromatic heterocycles. The Morgan fingerprint density at radius 1 is 1.14 bits per heavy atom. The number of nitrogens with zero attached hydrogens (tertiary/aromatic N) is 1. The number of amides is 1. The molecule has 28 heavy (non-hydrogen) atoms. The van der Waals surface area contributed by atoms with Gasteiger partial charge >= 0.3 is 5.97 Å². The zero-order chi connectivity index (χ0) is 19.9. The minimum atomic E-state index is -0.458. The largest absolute Gasteiger partial charge is 0.497 e. The molecule has 1 saturated heterocycles. The van der Waals surface area contributed by atoms with E-state index in [-0.39, 0.29) is 24.1 Å². The Kier molecular flexibility index (Phi) is 6.71. The van der Waals surface area contributed by atoms with Gasteiger partial charge in [-0.1, -0.05) is 12.1 Å². The molecule has 0 bridgehead atoms. The van der Waals surface area contributed by atoms with E-state index >= 15 is 0 Å². The minimum absolute atomic E-state index is 0.0617. The van der Waals surface area contributed by atoms with Gasteiger partial charge in [-0.05, 0) is 42.8 Å². The fraction of sp³-hybridized carbons (Fsp3) is 0.286. The molecule has 146 valence electrons. The average molecular weight is 399 g/mol. The van der Waals surface area contributed by atoms with Gasteiger partial charge in [-0.25, -0.2) is 0 Å². The van der Waals surface area contributed by atoms with E-state index in [1.165, 1.54) is 11.8 Å². The summed E-state index contributed by atoms with van der Waals surface area (Å²) in [5.41, 5.74) is 1.13. The second-order valence-corrected chi connectivity index (χ2v) is 7.30. The lowest BCUT2D eigenvalue weighted by molar-refractivity contribution is -0.139. The molecule has 1 aliphatic heterocycles. The van der Waals surface area contributed by atoms with Crippen LogP contribution in [0.3, 0.4) is 0 Å². The molecule has 0 saturated carbocycles. The maximum Gasteiger partial charge on any atom is 0.316 e. The number of thioether (sulfide) groups is 1. The number of ketones is 1. The third-order valence-corrected chi connectivity index (χ3v) is 5.32. The Morgan fingerprint density at radius 3 is 2.61 bits per heavy atom. The molecule has 0 aliphatic carbocycles. The molecule has 0 N–H and O–H groups in total. The summed E-state index contributed by atoms with van der Waals surface area (Å²) >= 11 is 1.33. The summed E-state index contributed by atoms with van der Waals surface area (Å²) in [4.78, 5) is 38.7. The van der Waals surface area contributed by atoms with Crippen molar-refractivity contribution >= 4 is 35.1 Å². The summed E-state index contributed by atoms with van der Waals surface area (Å²) in [6, 6.07) is 14.2. The number of benzene rings is 2. The second kappa shape index (κ2) is 9.41. The molecule has 1 amide bonds. The number of carbonyl (C=O) groups excluding carboxylic acids is 3. The number of anilines is 1. The molecule has 6 nitrogen and oxygen atoms in total. The van der Waals surface area contributed by atoms with Crippen LogP contribution in [0.1, 0.15) is 23.2 Å². The molecule has 1 heterocycles. The van der Waals surface area contributed by atoms with Crippen molar-refractivity contribution in [2.24, 2.45) is 0 Å². The first-order chi connectivity index (χ1) is 13.6. The lowest BCUT2D eigenvalue weighted by atomic mass is 10.1. The van der Waals surface area contributed by atoms with E-state index in [0.29, 0.717) is 24.2 Å². The van der Waals surface area contributed by atoms with Gasteiger partial charge < -0.3 is 14.4 Å². The molecule has 2 aromatic carbocycles. The van der Waals surface area contributed by atoms with Crippen LogP contribution in [0.25, 0.3) is 0 Å². The second-order valence-electron chi connectivity index (χ2n) is 6.25. The van der Waals surface area contributed by atoms with Crippen LogP contribution >= 0.6 is 11.8 Å². The van der Waals surface area contributed by atoms with E-state index in [2.05, 4.69) is 0 Å². The van der Waals surface area contributed by atoms with Crippen molar-refractivity contribution in [1.29, 1.82) is 0 Å². The molecule has 2 aromatic rings. The van der Waals surface area contributed by atoms with E-state index < -0.39 is 5.97 Å². The van der Waals surface area contributed by atoms with Crippen molar-refractivity contribution in [2.75, 3.05) is 30.9 Å². The summed E-state index contributed by atoms with van der Waals surface area (Å²) in [6.45, 7) is 0.341. The molecule has 7 heteroatoms. The molecule has 1 fully saturated rings. The predicted octanol–water partition coefficient (Wildman–Crippen LogP) is 3.34. The number of ether oxygens (including phenoxy) is 2. The van der Waals surface area contributed by atoms with Crippen LogP contribution in [0.15, 0.2) is 53.4 Å². The molecule has 0 unspecified atom stereocenters. The van der Waals surface area contributed by atoms with Crippen molar-refractivity contribution in [3.8, 4) is 5.75 Å². The first-order valence-electron chi connectivity index (χ1n) is 8.93. The van der Waals surface area contributed by atoms with Gasteiger partial charge in [0.1, 0.15) is 5.75 Å². The maximum atomic E-state index is 12.3. The summed E-state index contributed by atoms with van der Waals surface area (Å²) in [5.74, 6) is 0.167. The van der Waals surface area contributed by atoms with Crippen LogP contribution < -0.4 is 9.64 Å². The SMILES string of the molecule is COc1ccc(SCC(=O)OCC(=O)c2cccc(N3CCCC3=O)c2)cc1. The lowest BCUT2D eigenvalue weighted by Crippen LogP contribution is -2.24. The highest BCUT2D eigenvalue weighted by Crippen LogP contribution is 2.23. The molecular weight excluding hydrogens is 378 g/mol. The van der Waals surface area contributed by atoms with Gasteiger partial charge in [-0.15, -0.1) is 11.8 Å². The normalized spacial score (nSPS) is 13.5. The highest BCUT2D eigenvalue weighted by molar-refractivity contribution is 8.00. The Bertz CT molecular complexity index is 865. The Labute approximate surface area is 167 Å². The molecule has 3 rings (SSSR count). The van der Waals surface area contributed by atoms with Gasteiger partial charge in [0.25, 0.3) is 0 Å². The van der Waals surface area contributed by atoms with E-state index in [4.69, 9.17) is 9.47 Å². The minimum Gasteiger partial charge on any atom is -0.497 e. The van der Waals surface area contributed by atoms with Gasteiger partial charge in [0.15, 0.2) is 12.4 Å². The van der Waals surface area contributed by atoms with E-state index in [1.807, 2.05) is 24.3 Å². The van der Waals surface area contributed by atoms with E-state index in [9.17, 15) is 14.4 Å². The fourth-order valence-electron chi connectivity index (χ4n) is 2.85. The molecule has 1 aliphatic rings. The zero-order valence-corrected chi connectivity index (χ0v) is 16.4. The number of esters is 1. The molecule has 0 spiro atoms. The van der Waals surface area contributed by atoms with Crippen molar-refractivity contribution in [1.82, 2.24) is 0 Å². The standard InChI is InChI=1S/C21H21NO5S/c1-26-17-7-9-18(10-8-17)28-14-21(25)27-13-19(23)15-4-2-5-16(12-15)22-11-3-6-20(22)24/h2,4-5,7-10,12H,3,6,11,13-14H2,1H3. The smallest absolute Gasteiger partial charge is 0.316 e. The van der Waals surface area contributed by atoms with Gasteiger partial charge in [0.05, 0.1) is 12.9 Å². The molecular formula is C21H21NO5S. The summed E-state index contributed by atoms with van der Waals surface area (Å²) in [7, 11) is 1.59. The average Bonchev–Trinajstić information content (AvgIpc) is 3.16. The number of carbonyl (C=O) groups is 3. The number of rotatable bonds is 8. The summed E-state index contributed by atoms with van der Waals surface area (Å²) < 4.78 is 10.2. The maximum absolute atomic E-state index is 12.3. The van der Waals surface area contributed by atoms with Crippen LogP contribution in [-0.2, 0) is 14.3 Å². The monoisotopic (exact) mass is 399 g/mol. The van der Waals surface area contributed by atoms with E-state index in [0.717, 1.165) is 17.1 Å². The first-order valence-corrected chi connectivity index (χ1v) is 9.91. The fourth-order valence-corrected chi connectivity index (χ4v) is 3.55. The van der Waals surface area contributed by atoms with Gasteiger partial charge in [-0.2, -0.15) is 0 Å². The van der Waals surface area contributed by atoms with E-state index in [1.54, 1.807) is 36.3 Å². The Balaban J connectivity index is 1.49. The van der Waals surface area contributed by atoms with Crippen LogP contribution in [-0.4, -0.2) is 43.7 Å². The van der Waals surface area contributed by atoms with Gasteiger partial charge in [0, 0.05) is 29.1 Å². The third kappa shape index (κ3) is 5.13. The summed E-state index contributed by atoms with van der Waals surface area (Å²) in [6.07, 6.45) is 1.35. The highest BCUT2D eigenvalue weighted by Gasteiger charge is 2.22. The first kappa shape index (κ1) is 19.9. The number of methoxy groups -OCH3 is 1. The Hall–Kier alpha value is -2.80. The van der Waals surface area contributed by atoms with Crippen molar-refractivity contribution in [3.05, 3.63) is 54.1 Å². The molecule has 0 radical (unpaired) electrons. The topological polar surface area (TPSA) is 72.9 Å². The lowest BCUT2D eigenvalue weighted by Gasteiger charge is -2.16. The van der Waals surface area contributed by atoms with Crippen LogP contribution in [0.5, 0.6) is 5.75 Å². The summed E-state index contributed by atoms with van der Waals surface area (Å²) in [5, 5.41) is 0. The van der Waals surface area contributed by atoms with Gasteiger partial charge in [0.2, 0.25) is 5.91 Å².